The molecule has 0 saturated heterocycles. The second kappa shape index (κ2) is 7.53. The average molecular weight is 368 g/mol. The first-order chi connectivity index (χ1) is 13.6. The van der Waals surface area contributed by atoms with Crippen molar-refractivity contribution in [3.63, 3.8) is 0 Å². The monoisotopic (exact) mass is 368 g/mol. The molecule has 138 valence electrons. The summed E-state index contributed by atoms with van der Waals surface area (Å²) in [7, 11) is 0. The largest absolute Gasteiger partial charge is 0.322 e. The third kappa shape index (κ3) is 3.58. The smallest absolute Gasteiger partial charge is 0.255 e. The molecule has 1 amide bonds. The van der Waals surface area contributed by atoms with Crippen LogP contribution in [0.25, 0.3) is 5.65 Å². The lowest BCUT2D eigenvalue weighted by atomic mass is 10.0. The number of amides is 1. The van der Waals surface area contributed by atoms with Gasteiger partial charge in [0, 0.05) is 23.0 Å². The van der Waals surface area contributed by atoms with Gasteiger partial charge in [-0.05, 0) is 61.6 Å². The molecule has 2 heterocycles. The van der Waals surface area contributed by atoms with Crippen LogP contribution >= 0.6 is 0 Å². The van der Waals surface area contributed by atoms with Gasteiger partial charge in [-0.2, -0.15) is 0 Å². The van der Waals surface area contributed by atoms with Crippen molar-refractivity contribution in [1.82, 2.24) is 19.9 Å². The quantitative estimate of drug-likeness (QED) is 0.716. The number of fused-ring (bicyclic) bond motifs is 1. The molecule has 0 fully saturated rings. The Morgan fingerprint density at radius 3 is 2.93 bits per heavy atom. The number of carbonyl (C=O) groups is 1. The first-order valence-corrected chi connectivity index (χ1v) is 9.27. The molecule has 28 heavy (non-hydrogen) atoms. The van der Waals surface area contributed by atoms with Gasteiger partial charge < -0.3 is 5.32 Å². The molecule has 0 saturated carbocycles. The number of rotatable bonds is 3. The topological polar surface area (TPSA) is 59.3 Å². The van der Waals surface area contributed by atoms with Crippen LogP contribution < -0.4 is 5.32 Å². The molecule has 1 aliphatic rings. The Balaban J connectivity index is 1.58. The minimum Gasteiger partial charge on any atom is -0.322 e. The highest BCUT2D eigenvalue weighted by Crippen LogP contribution is 2.19. The molecule has 1 aliphatic carbocycles. The van der Waals surface area contributed by atoms with Crippen LogP contribution in [0.4, 0.5) is 0 Å². The Labute approximate surface area is 163 Å². The molecule has 1 aromatic carbocycles. The van der Waals surface area contributed by atoms with Gasteiger partial charge in [0.05, 0.1) is 0 Å². The van der Waals surface area contributed by atoms with Crippen molar-refractivity contribution in [2.45, 2.75) is 26.7 Å². The van der Waals surface area contributed by atoms with E-state index in [1.807, 2.05) is 66.1 Å². The van der Waals surface area contributed by atoms with Crippen molar-refractivity contribution in [2.24, 2.45) is 0 Å². The van der Waals surface area contributed by atoms with E-state index in [0.29, 0.717) is 11.4 Å². The summed E-state index contributed by atoms with van der Waals surface area (Å²) in [5.41, 5.74) is 5.33. The molecule has 4 rings (SSSR count). The Bertz CT molecular complexity index is 1190. The van der Waals surface area contributed by atoms with Gasteiger partial charge in [-0.15, -0.1) is 10.2 Å². The van der Waals surface area contributed by atoms with Gasteiger partial charge in [0.25, 0.3) is 5.91 Å². The summed E-state index contributed by atoms with van der Waals surface area (Å²) in [5, 5.41) is 11.2. The zero-order valence-corrected chi connectivity index (χ0v) is 15.9. The minimum absolute atomic E-state index is 0.129. The molecule has 0 unspecified atom stereocenters. The molecule has 1 N–H and O–H groups in total. The minimum atomic E-state index is -0.129. The van der Waals surface area contributed by atoms with Gasteiger partial charge in [-0.1, -0.05) is 36.6 Å². The fourth-order valence-electron chi connectivity index (χ4n) is 3.06. The number of pyridine rings is 1. The first kappa shape index (κ1) is 17.7. The van der Waals surface area contributed by atoms with Crippen molar-refractivity contribution in [1.29, 1.82) is 0 Å². The van der Waals surface area contributed by atoms with Crippen molar-refractivity contribution >= 4 is 11.6 Å². The van der Waals surface area contributed by atoms with E-state index in [2.05, 4.69) is 34.3 Å². The highest BCUT2D eigenvalue weighted by atomic mass is 16.1. The van der Waals surface area contributed by atoms with E-state index in [9.17, 15) is 4.79 Å². The molecule has 5 nitrogen and oxygen atoms in total. The number of benzene rings is 1. The summed E-state index contributed by atoms with van der Waals surface area (Å²) in [6.45, 7) is 4.09. The Morgan fingerprint density at radius 2 is 2.11 bits per heavy atom. The number of hydrogen-bond donors (Lipinski definition) is 1. The van der Waals surface area contributed by atoms with Crippen molar-refractivity contribution < 1.29 is 4.79 Å². The number of aryl methyl sites for hydroxylation is 1. The molecular weight excluding hydrogens is 348 g/mol. The van der Waals surface area contributed by atoms with E-state index in [4.69, 9.17) is 0 Å². The zero-order valence-electron chi connectivity index (χ0n) is 15.9. The summed E-state index contributed by atoms with van der Waals surface area (Å²) in [5.74, 6) is 6.64. The molecule has 0 radical (unpaired) electrons. The second-order valence-electron chi connectivity index (χ2n) is 6.71. The number of allylic oxidation sites excluding steroid dienone is 3. The van der Waals surface area contributed by atoms with Gasteiger partial charge in [-0.3, -0.25) is 9.20 Å². The van der Waals surface area contributed by atoms with Crippen LogP contribution in [0.5, 0.6) is 0 Å². The second-order valence-corrected chi connectivity index (χ2v) is 6.71. The fourth-order valence-corrected chi connectivity index (χ4v) is 3.06. The van der Waals surface area contributed by atoms with Crippen molar-refractivity contribution in [3.8, 4) is 11.8 Å². The van der Waals surface area contributed by atoms with Gasteiger partial charge >= 0.3 is 0 Å². The molecule has 0 atom stereocenters. The SMILES string of the molecule is CCC1=CC(NC(=O)c2ccc(C)c(C#Cc3nnc4ccccn34)c2)=CC1. The number of hydrogen-bond acceptors (Lipinski definition) is 3. The lowest BCUT2D eigenvalue weighted by molar-refractivity contribution is 0.0967. The number of nitrogens with zero attached hydrogens (tertiary/aromatic N) is 3. The van der Waals surface area contributed by atoms with Gasteiger partial charge in [0.15, 0.2) is 5.65 Å². The summed E-state index contributed by atoms with van der Waals surface area (Å²) in [6, 6.07) is 11.3. The van der Waals surface area contributed by atoms with Crippen molar-refractivity contribution in [2.75, 3.05) is 0 Å². The Hall–Kier alpha value is -3.65. The lowest BCUT2D eigenvalue weighted by Crippen LogP contribution is -2.21. The maximum Gasteiger partial charge on any atom is 0.255 e. The standard InChI is InChI=1S/C23H20N4O/c1-3-17-8-11-20(14-17)24-23(28)19-9-7-16(2)18(15-19)10-12-22-26-25-21-6-4-5-13-27(21)22/h4-7,9,11,13-15H,3,8H2,1-2H3,(H,24,28). The van der Waals surface area contributed by atoms with E-state index < -0.39 is 0 Å². The lowest BCUT2D eigenvalue weighted by Gasteiger charge is -2.06. The highest BCUT2D eigenvalue weighted by molar-refractivity contribution is 5.96. The molecule has 0 aliphatic heterocycles. The summed E-state index contributed by atoms with van der Waals surface area (Å²) < 4.78 is 1.84. The number of aromatic nitrogens is 3. The first-order valence-electron chi connectivity index (χ1n) is 9.27. The van der Waals surface area contributed by atoms with Crippen LogP contribution in [0, 0.1) is 18.8 Å². The number of carbonyl (C=O) groups excluding carboxylic acids is 1. The summed E-state index contributed by atoms with van der Waals surface area (Å²) in [4.78, 5) is 12.6. The third-order valence-corrected chi connectivity index (χ3v) is 4.78. The van der Waals surface area contributed by atoms with Gasteiger partial charge in [0.1, 0.15) is 0 Å². The normalized spacial score (nSPS) is 12.9. The fraction of sp³-hybridized carbons (Fsp3) is 0.174. The average Bonchev–Trinajstić information content (AvgIpc) is 3.34. The van der Waals surface area contributed by atoms with Gasteiger partial charge in [-0.25, -0.2) is 0 Å². The predicted molar refractivity (Wildman–Crippen MR) is 109 cm³/mol. The molecule has 5 heteroatoms. The van der Waals surface area contributed by atoms with E-state index in [1.54, 1.807) is 0 Å². The highest BCUT2D eigenvalue weighted by Gasteiger charge is 2.11. The van der Waals surface area contributed by atoms with Crippen LogP contribution in [0.15, 0.2) is 66.0 Å². The van der Waals surface area contributed by atoms with E-state index in [-0.39, 0.29) is 5.91 Å². The van der Waals surface area contributed by atoms with Gasteiger partial charge in [0.2, 0.25) is 5.82 Å². The zero-order chi connectivity index (χ0) is 19.5. The number of nitrogens with one attached hydrogen (secondary N) is 1. The summed E-state index contributed by atoms with van der Waals surface area (Å²) >= 11 is 0. The van der Waals surface area contributed by atoms with E-state index in [1.165, 1.54) is 5.57 Å². The van der Waals surface area contributed by atoms with Crippen LogP contribution in [-0.4, -0.2) is 20.5 Å². The van der Waals surface area contributed by atoms with Crippen molar-refractivity contribution in [3.05, 3.63) is 88.5 Å². The molecule has 3 aromatic rings. The van der Waals surface area contributed by atoms with Crippen LogP contribution in [-0.2, 0) is 0 Å². The van der Waals surface area contributed by atoms with Crippen LogP contribution in [0.3, 0.4) is 0 Å². The Kier molecular flexibility index (Phi) is 4.77. The van der Waals surface area contributed by atoms with E-state index >= 15 is 0 Å². The maximum absolute atomic E-state index is 12.6. The molecule has 2 aromatic heterocycles. The molecule has 0 bridgehead atoms. The van der Waals surface area contributed by atoms with Crippen LogP contribution in [0.1, 0.15) is 47.1 Å². The van der Waals surface area contributed by atoms with Crippen LogP contribution in [0.2, 0.25) is 0 Å². The summed E-state index contributed by atoms with van der Waals surface area (Å²) in [6.07, 6.45) is 7.87. The molecule has 0 spiro atoms. The Morgan fingerprint density at radius 1 is 1.21 bits per heavy atom. The third-order valence-electron chi connectivity index (χ3n) is 4.78. The van der Waals surface area contributed by atoms with E-state index in [0.717, 1.165) is 35.3 Å². The molecular formula is C23H20N4O. The maximum atomic E-state index is 12.6. The predicted octanol–water partition coefficient (Wildman–Crippen LogP) is 3.79.